The van der Waals surface area contributed by atoms with Crippen LogP contribution in [0.25, 0.3) is 0 Å². The molecule has 0 aliphatic rings. The normalized spacial score (nSPS) is 10.3. The molecule has 148 valence electrons. The fourth-order valence-electron chi connectivity index (χ4n) is 2.52. The van der Waals surface area contributed by atoms with Crippen molar-refractivity contribution in [3.05, 3.63) is 59.7 Å². The number of amides is 3. The molecule has 4 N–H and O–H groups in total. The summed E-state index contributed by atoms with van der Waals surface area (Å²) in [4.78, 5) is 36.6. The van der Waals surface area contributed by atoms with E-state index in [-0.39, 0.29) is 24.3 Å². The highest BCUT2D eigenvalue weighted by atomic mass is 16.2. The summed E-state index contributed by atoms with van der Waals surface area (Å²) in [5.41, 5.74) is 1.85. The molecule has 0 saturated carbocycles. The van der Waals surface area contributed by atoms with Crippen LogP contribution in [0.1, 0.15) is 34.6 Å². The first-order valence-corrected chi connectivity index (χ1v) is 9.14. The van der Waals surface area contributed by atoms with Crippen LogP contribution < -0.4 is 21.3 Å². The Morgan fingerprint density at radius 3 is 2.04 bits per heavy atom. The van der Waals surface area contributed by atoms with Crippen LogP contribution >= 0.6 is 0 Å². The standard InChI is InChI=1S/C21H26N4O3/c1-14(2)12-24-21(28)16-9-5-7-11-18(16)25-19(26)13-23-17-10-6-4-8-15(17)20(27)22-3/h4-11,14,23H,12-13H2,1-3H3,(H,22,27)(H,24,28)(H,25,26). The van der Waals surface area contributed by atoms with E-state index in [4.69, 9.17) is 0 Å². The number of hydrogen-bond acceptors (Lipinski definition) is 4. The predicted molar refractivity (Wildman–Crippen MR) is 111 cm³/mol. The number of hydrogen-bond donors (Lipinski definition) is 4. The Hall–Kier alpha value is -3.35. The number of nitrogens with one attached hydrogen (secondary N) is 4. The molecule has 2 rings (SSSR count). The average molecular weight is 382 g/mol. The largest absolute Gasteiger partial charge is 0.376 e. The zero-order valence-electron chi connectivity index (χ0n) is 16.3. The molecule has 7 nitrogen and oxygen atoms in total. The smallest absolute Gasteiger partial charge is 0.253 e. The molecular formula is C21H26N4O3. The van der Waals surface area contributed by atoms with Crippen LogP contribution in [0.5, 0.6) is 0 Å². The molecule has 0 spiro atoms. The van der Waals surface area contributed by atoms with Crippen molar-refractivity contribution in [3.8, 4) is 0 Å². The van der Waals surface area contributed by atoms with Gasteiger partial charge >= 0.3 is 0 Å². The molecule has 0 atom stereocenters. The molecule has 0 fully saturated rings. The third-order valence-corrected chi connectivity index (χ3v) is 3.95. The Morgan fingerprint density at radius 2 is 1.43 bits per heavy atom. The maximum Gasteiger partial charge on any atom is 0.253 e. The van der Waals surface area contributed by atoms with Crippen molar-refractivity contribution in [2.75, 3.05) is 30.8 Å². The SMILES string of the molecule is CNC(=O)c1ccccc1NCC(=O)Nc1ccccc1C(=O)NCC(C)C. The van der Waals surface area contributed by atoms with Crippen LogP contribution in [0.2, 0.25) is 0 Å². The highest BCUT2D eigenvalue weighted by molar-refractivity contribution is 6.05. The lowest BCUT2D eigenvalue weighted by molar-refractivity contribution is -0.114. The second kappa shape index (κ2) is 10.1. The average Bonchev–Trinajstić information content (AvgIpc) is 2.70. The molecule has 0 aliphatic heterocycles. The first-order chi connectivity index (χ1) is 13.4. The second-order valence-electron chi connectivity index (χ2n) is 6.68. The van der Waals surface area contributed by atoms with Gasteiger partial charge in [0.2, 0.25) is 5.91 Å². The number of rotatable bonds is 8. The third-order valence-electron chi connectivity index (χ3n) is 3.95. The molecule has 0 saturated heterocycles. The van der Waals surface area contributed by atoms with Gasteiger partial charge in [0.25, 0.3) is 11.8 Å². The fourth-order valence-corrected chi connectivity index (χ4v) is 2.52. The van der Waals surface area contributed by atoms with Crippen LogP contribution in [-0.2, 0) is 4.79 Å². The fraction of sp³-hybridized carbons (Fsp3) is 0.286. The van der Waals surface area contributed by atoms with Crippen LogP contribution in [0.4, 0.5) is 11.4 Å². The van der Waals surface area contributed by atoms with Crippen LogP contribution in [-0.4, -0.2) is 37.9 Å². The maximum absolute atomic E-state index is 12.4. The van der Waals surface area contributed by atoms with Gasteiger partial charge in [-0.05, 0) is 30.2 Å². The molecule has 0 aliphatic carbocycles. The number of carbonyl (C=O) groups excluding carboxylic acids is 3. The summed E-state index contributed by atoms with van der Waals surface area (Å²) in [7, 11) is 1.55. The molecule has 2 aromatic carbocycles. The summed E-state index contributed by atoms with van der Waals surface area (Å²) in [5, 5.41) is 11.1. The van der Waals surface area contributed by atoms with Gasteiger partial charge in [-0.15, -0.1) is 0 Å². The number of carbonyl (C=O) groups is 3. The lowest BCUT2D eigenvalue weighted by Gasteiger charge is -2.14. The topological polar surface area (TPSA) is 99.3 Å². The first kappa shape index (κ1) is 21.0. The molecule has 0 bridgehead atoms. The molecule has 3 amide bonds. The van der Waals surface area contributed by atoms with Gasteiger partial charge in [0, 0.05) is 19.3 Å². The van der Waals surface area contributed by atoms with E-state index in [1.54, 1.807) is 55.6 Å². The molecule has 7 heteroatoms. The molecule has 0 aromatic heterocycles. The van der Waals surface area contributed by atoms with Gasteiger partial charge in [0.1, 0.15) is 0 Å². The molecule has 2 aromatic rings. The number of para-hydroxylation sites is 2. The summed E-state index contributed by atoms with van der Waals surface area (Å²) in [5.74, 6) is -0.468. The first-order valence-electron chi connectivity index (χ1n) is 9.14. The summed E-state index contributed by atoms with van der Waals surface area (Å²) in [6, 6.07) is 13.8. The Kier molecular flexibility index (Phi) is 7.56. The van der Waals surface area contributed by atoms with Crippen LogP contribution in [0.15, 0.2) is 48.5 Å². The maximum atomic E-state index is 12.4. The van der Waals surface area contributed by atoms with E-state index >= 15 is 0 Å². The van der Waals surface area contributed by atoms with Crippen LogP contribution in [0, 0.1) is 5.92 Å². The van der Waals surface area contributed by atoms with E-state index in [1.165, 1.54) is 0 Å². The minimum Gasteiger partial charge on any atom is -0.376 e. The van der Waals surface area contributed by atoms with Gasteiger partial charge in [-0.25, -0.2) is 0 Å². The summed E-state index contributed by atoms with van der Waals surface area (Å²) >= 11 is 0. The Balaban J connectivity index is 2.03. The summed E-state index contributed by atoms with van der Waals surface area (Å²) in [6.07, 6.45) is 0. The van der Waals surface area contributed by atoms with E-state index in [9.17, 15) is 14.4 Å². The van der Waals surface area contributed by atoms with E-state index in [2.05, 4.69) is 21.3 Å². The summed E-state index contributed by atoms with van der Waals surface area (Å²) in [6.45, 7) is 4.53. The van der Waals surface area contributed by atoms with Crippen molar-refractivity contribution >= 4 is 29.1 Å². The monoisotopic (exact) mass is 382 g/mol. The van der Waals surface area contributed by atoms with Gasteiger partial charge in [0.05, 0.1) is 23.4 Å². The van der Waals surface area contributed by atoms with Gasteiger partial charge in [-0.1, -0.05) is 38.1 Å². The Morgan fingerprint density at radius 1 is 0.857 bits per heavy atom. The van der Waals surface area contributed by atoms with Crippen molar-refractivity contribution in [2.24, 2.45) is 5.92 Å². The number of benzene rings is 2. The quantitative estimate of drug-likeness (QED) is 0.564. The summed E-state index contributed by atoms with van der Waals surface area (Å²) < 4.78 is 0. The molecular weight excluding hydrogens is 356 g/mol. The second-order valence-corrected chi connectivity index (χ2v) is 6.68. The van der Waals surface area contributed by atoms with Gasteiger partial charge in [0.15, 0.2) is 0 Å². The third kappa shape index (κ3) is 5.84. The lowest BCUT2D eigenvalue weighted by atomic mass is 10.1. The van der Waals surface area contributed by atoms with E-state index in [0.717, 1.165) is 0 Å². The molecule has 0 heterocycles. The van der Waals surface area contributed by atoms with Crippen molar-refractivity contribution in [1.29, 1.82) is 0 Å². The molecule has 28 heavy (non-hydrogen) atoms. The predicted octanol–water partition coefficient (Wildman–Crippen LogP) is 2.48. The van der Waals surface area contributed by atoms with E-state index in [1.807, 2.05) is 13.8 Å². The van der Waals surface area contributed by atoms with Crippen LogP contribution in [0.3, 0.4) is 0 Å². The number of anilines is 2. The Labute approximate surface area is 164 Å². The van der Waals surface area contributed by atoms with Crippen molar-refractivity contribution in [3.63, 3.8) is 0 Å². The zero-order valence-corrected chi connectivity index (χ0v) is 16.3. The van der Waals surface area contributed by atoms with Crippen molar-refractivity contribution in [1.82, 2.24) is 10.6 Å². The lowest BCUT2D eigenvalue weighted by Crippen LogP contribution is -2.29. The highest BCUT2D eigenvalue weighted by Gasteiger charge is 2.14. The van der Waals surface area contributed by atoms with Crippen molar-refractivity contribution < 1.29 is 14.4 Å². The van der Waals surface area contributed by atoms with Gasteiger partial charge in [-0.2, -0.15) is 0 Å². The van der Waals surface area contributed by atoms with Gasteiger partial charge < -0.3 is 21.3 Å². The minimum atomic E-state index is -0.323. The van der Waals surface area contributed by atoms with Crippen molar-refractivity contribution in [2.45, 2.75) is 13.8 Å². The van der Waals surface area contributed by atoms with Gasteiger partial charge in [-0.3, -0.25) is 14.4 Å². The van der Waals surface area contributed by atoms with E-state index in [0.29, 0.717) is 35.0 Å². The Bertz CT molecular complexity index is 849. The van der Waals surface area contributed by atoms with E-state index < -0.39 is 0 Å². The minimum absolute atomic E-state index is 0.0457. The zero-order chi connectivity index (χ0) is 20.5. The molecule has 0 radical (unpaired) electrons. The molecule has 0 unspecified atom stereocenters. The highest BCUT2D eigenvalue weighted by Crippen LogP contribution is 2.16.